The number of hydrogen-bond acceptors (Lipinski definition) is 4. The van der Waals surface area contributed by atoms with E-state index in [1.807, 2.05) is 13.8 Å². The molecular weight excluding hydrogens is 230 g/mol. The van der Waals surface area contributed by atoms with Crippen molar-refractivity contribution in [3.8, 4) is 0 Å². The first-order chi connectivity index (χ1) is 8.70. The van der Waals surface area contributed by atoms with Crippen molar-refractivity contribution < 1.29 is 9.53 Å². The molecule has 2 saturated heterocycles. The van der Waals surface area contributed by atoms with Gasteiger partial charge in [-0.25, -0.2) is 0 Å². The van der Waals surface area contributed by atoms with E-state index >= 15 is 0 Å². The summed E-state index contributed by atoms with van der Waals surface area (Å²) in [6.07, 6.45) is 2.79. The van der Waals surface area contributed by atoms with E-state index in [4.69, 9.17) is 4.74 Å². The summed E-state index contributed by atoms with van der Waals surface area (Å²) in [7, 11) is 0. The van der Waals surface area contributed by atoms with E-state index in [2.05, 4.69) is 15.5 Å². The number of likely N-dealkylation sites (N-methyl/N-ethyl adjacent to an activating group) is 1. The largest absolute Gasteiger partial charge is 0.374 e. The molecule has 2 aliphatic heterocycles. The van der Waals surface area contributed by atoms with Crippen LogP contribution >= 0.6 is 0 Å². The molecule has 0 aliphatic carbocycles. The maximum Gasteiger partial charge on any atom is 0.236 e. The van der Waals surface area contributed by atoms with Gasteiger partial charge in [-0.15, -0.1) is 0 Å². The third kappa shape index (κ3) is 3.43. The maximum absolute atomic E-state index is 11.6. The highest BCUT2D eigenvalue weighted by Crippen LogP contribution is 2.22. The third-order valence-corrected chi connectivity index (χ3v) is 3.86. The van der Waals surface area contributed by atoms with Crippen LogP contribution < -0.4 is 10.6 Å². The minimum Gasteiger partial charge on any atom is -0.374 e. The average Bonchev–Trinajstić information content (AvgIpc) is 2.83. The zero-order valence-corrected chi connectivity index (χ0v) is 11.4. The van der Waals surface area contributed by atoms with Crippen molar-refractivity contribution in [2.75, 3.05) is 32.8 Å². The molecule has 2 N–H and O–H groups in total. The second kappa shape index (κ2) is 6.50. The molecule has 0 aromatic rings. The zero-order valence-electron chi connectivity index (χ0n) is 11.4. The first-order valence-corrected chi connectivity index (χ1v) is 7.07. The fourth-order valence-corrected chi connectivity index (χ4v) is 2.74. The summed E-state index contributed by atoms with van der Waals surface area (Å²) in [4.78, 5) is 14.1. The summed E-state index contributed by atoms with van der Waals surface area (Å²) >= 11 is 0. The monoisotopic (exact) mass is 255 g/mol. The van der Waals surface area contributed by atoms with Crippen LogP contribution in [-0.4, -0.2) is 61.8 Å². The molecule has 2 rings (SSSR count). The Balaban J connectivity index is 1.69. The van der Waals surface area contributed by atoms with Gasteiger partial charge in [-0.05, 0) is 33.2 Å². The van der Waals surface area contributed by atoms with E-state index in [9.17, 15) is 4.79 Å². The number of carbonyl (C=O) groups excluding carboxylic acids is 1. The van der Waals surface area contributed by atoms with Crippen LogP contribution in [0.1, 0.15) is 26.7 Å². The number of hydrogen-bond donors (Lipinski definition) is 2. The van der Waals surface area contributed by atoms with Gasteiger partial charge >= 0.3 is 0 Å². The molecule has 0 spiro atoms. The van der Waals surface area contributed by atoms with Gasteiger partial charge in [-0.1, -0.05) is 0 Å². The number of nitrogens with zero attached hydrogens (tertiary/aromatic N) is 1. The van der Waals surface area contributed by atoms with Crippen LogP contribution in [0, 0.1) is 0 Å². The molecule has 3 atom stereocenters. The van der Waals surface area contributed by atoms with Gasteiger partial charge in [0.2, 0.25) is 5.91 Å². The molecular formula is C13H25N3O2. The highest BCUT2D eigenvalue weighted by atomic mass is 16.5. The Bertz CT molecular complexity index is 285. The van der Waals surface area contributed by atoms with Crippen LogP contribution in [0.2, 0.25) is 0 Å². The van der Waals surface area contributed by atoms with Gasteiger partial charge in [0, 0.05) is 25.7 Å². The smallest absolute Gasteiger partial charge is 0.236 e. The standard InChI is InChI=1S/C13H25N3O2/c1-3-14-13(17)10(2)15-7-12-8-16-6-4-5-11(16)9-18-12/h10-12,15H,3-9H2,1-2H3,(H,14,17). The predicted octanol–water partition coefficient (Wildman–Crippen LogP) is -0.0362. The van der Waals surface area contributed by atoms with Crippen molar-refractivity contribution in [3.05, 3.63) is 0 Å². The van der Waals surface area contributed by atoms with Gasteiger partial charge in [-0.3, -0.25) is 9.69 Å². The van der Waals surface area contributed by atoms with Crippen molar-refractivity contribution in [2.45, 2.75) is 44.9 Å². The molecule has 2 heterocycles. The van der Waals surface area contributed by atoms with Crippen LogP contribution in [-0.2, 0) is 9.53 Å². The molecule has 0 aromatic heterocycles. The second-order valence-electron chi connectivity index (χ2n) is 5.27. The molecule has 18 heavy (non-hydrogen) atoms. The summed E-state index contributed by atoms with van der Waals surface area (Å²) in [5, 5.41) is 6.07. The Hall–Kier alpha value is -0.650. The first-order valence-electron chi connectivity index (χ1n) is 7.07. The maximum atomic E-state index is 11.6. The number of nitrogens with one attached hydrogen (secondary N) is 2. The Labute approximate surface area is 109 Å². The summed E-state index contributed by atoms with van der Waals surface area (Å²) in [5.74, 6) is 0.0624. The number of amides is 1. The minimum atomic E-state index is -0.148. The lowest BCUT2D eigenvalue weighted by atomic mass is 10.2. The fraction of sp³-hybridized carbons (Fsp3) is 0.923. The van der Waals surface area contributed by atoms with Crippen LogP contribution in [0.25, 0.3) is 0 Å². The van der Waals surface area contributed by atoms with Crippen molar-refractivity contribution in [3.63, 3.8) is 0 Å². The van der Waals surface area contributed by atoms with Crippen molar-refractivity contribution >= 4 is 5.91 Å². The Kier molecular flexibility index (Phi) is 4.97. The predicted molar refractivity (Wildman–Crippen MR) is 70.5 cm³/mol. The van der Waals surface area contributed by atoms with Gasteiger partial charge < -0.3 is 15.4 Å². The van der Waals surface area contributed by atoms with E-state index in [0.717, 1.165) is 19.7 Å². The molecule has 104 valence electrons. The zero-order chi connectivity index (χ0) is 13.0. The lowest BCUT2D eigenvalue weighted by Gasteiger charge is -2.35. The SMILES string of the molecule is CCNC(=O)C(C)NCC1CN2CCCC2CO1. The van der Waals surface area contributed by atoms with E-state index < -0.39 is 0 Å². The summed E-state index contributed by atoms with van der Waals surface area (Å²) in [5.41, 5.74) is 0. The Morgan fingerprint density at radius 1 is 1.56 bits per heavy atom. The van der Waals surface area contributed by atoms with Gasteiger partial charge in [0.05, 0.1) is 18.8 Å². The number of morpholine rings is 1. The molecule has 0 aromatic carbocycles. The lowest BCUT2D eigenvalue weighted by molar-refractivity contribution is -0.123. The Morgan fingerprint density at radius 3 is 3.17 bits per heavy atom. The van der Waals surface area contributed by atoms with Gasteiger partial charge in [-0.2, -0.15) is 0 Å². The highest BCUT2D eigenvalue weighted by Gasteiger charge is 2.32. The number of carbonyl (C=O) groups is 1. The third-order valence-electron chi connectivity index (χ3n) is 3.86. The Morgan fingerprint density at radius 2 is 2.39 bits per heavy atom. The van der Waals surface area contributed by atoms with Crippen LogP contribution in [0.3, 0.4) is 0 Å². The number of rotatable bonds is 5. The van der Waals surface area contributed by atoms with Crippen molar-refractivity contribution in [1.82, 2.24) is 15.5 Å². The average molecular weight is 255 g/mol. The molecule has 0 radical (unpaired) electrons. The lowest BCUT2D eigenvalue weighted by Crippen LogP contribution is -2.52. The fourth-order valence-electron chi connectivity index (χ4n) is 2.74. The molecule has 3 unspecified atom stereocenters. The minimum absolute atomic E-state index is 0.0624. The van der Waals surface area contributed by atoms with E-state index in [1.165, 1.54) is 19.4 Å². The number of ether oxygens (including phenoxy) is 1. The molecule has 2 aliphatic rings. The molecule has 1 amide bonds. The summed E-state index contributed by atoms with van der Waals surface area (Å²) in [6, 6.07) is 0.493. The summed E-state index contributed by atoms with van der Waals surface area (Å²) < 4.78 is 5.85. The van der Waals surface area contributed by atoms with E-state index in [1.54, 1.807) is 0 Å². The first kappa shape index (κ1) is 13.8. The van der Waals surface area contributed by atoms with E-state index in [0.29, 0.717) is 12.6 Å². The van der Waals surface area contributed by atoms with Crippen LogP contribution in [0.4, 0.5) is 0 Å². The molecule has 2 fully saturated rings. The molecule has 5 heteroatoms. The quantitative estimate of drug-likeness (QED) is 0.724. The summed E-state index contributed by atoms with van der Waals surface area (Å²) in [6.45, 7) is 8.31. The van der Waals surface area contributed by atoms with E-state index in [-0.39, 0.29) is 18.1 Å². The van der Waals surface area contributed by atoms with Gasteiger partial charge in [0.1, 0.15) is 0 Å². The van der Waals surface area contributed by atoms with Gasteiger partial charge in [0.25, 0.3) is 0 Å². The molecule has 0 saturated carbocycles. The second-order valence-corrected chi connectivity index (χ2v) is 5.27. The van der Waals surface area contributed by atoms with Gasteiger partial charge in [0.15, 0.2) is 0 Å². The number of fused-ring (bicyclic) bond motifs is 1. The van der Waals surface area contributed by atoms with Crippen LogP contribution in [0.15, 0.2) is 0 Å². The van der Waals surface area contributed by atoms with Crippen LogP contribution in [0.5, 0.6) is 0 Å². The molecule has 0 bridgehead atoms. The van der Waals surface area contributed by atoms with Crippen molar-refractivity contribution in [2.24, 2.45) is 0 Å². The van der Waals surface area contributed by atoms with Crippen molar-refractivity contribution in [1.29, 1.82) is 0 Å². The highest BCUT2D eigenvalue weighted by molar-refractivity contribution is 5.81. The molecule has 5 nitrogen and oxygen atoms in total. The normalized spacial score (nSPS) is 29.9. The topological polar surface area (TPSA) is 53.6 Å².